The molecule has 0 radical (unpaired) electrons. The molecule has 2 aliphatic rings. The van der Waals surface area contributed by atoms with Crippen LogP contribution in [0.3, 0.4) is 0 Å². The van der Waals surface area contributed by atoms with Gasteiger partial charge in [-0.1, -0.05) is 0 Å². The normalized spacial score (nSPS) is 19.2. The molecule has 1 fully saturated rings. The van der Waals surface area contributed by atoms with Crippen molar-refractivity contribution in [3.05, 3.63) is 16.3 Å². The monoisotopic (exact) mass is 545 g/mol. The number of hydrogen-bond acceptors (Lipinski definition) is 4. The van der Waals surface area contributed by atoms with Gasteiger partial charge in [-0.2, -0.15) is 18.3 Å². The van der Waals surface area contributed by atoms with Gasteiger partial charge in [0.05, 0.1) is 0 Å². The van der Waals surface area contributed by atoms with Gasteiger partial charge in [-0.3, -0.25) is 14.5 Å². The average molecular weight is 545 g/mol. The van der Waals surface area contributed by atoms with E-state index in [0.717, 1.165) is 31.6 Å². The number of fused-ring (bicyclic) bond motifs is 1. The van der Waals surface area contributed by atoms with E-state index in [4.69, 9.17) is 0 Å². The van der Waals surface area contributed by atoms with Crippen molar-refractivity contribution in [2.45, 2.75) is 57.9 Å². The number of hydrogen-bond donors (Lipinski definition) is 1. The van der Waals surface area contributed by atoms with Crippen molar-refractivity contribution in [3.63, 3.8) is 0 Å². The van der Waals surface area contributed by atoms with Crippen LogP contribution < -0.4 is 11.0 Å². The largest absolute Gasteiger partial charge is 0.403 e. The standard InChI is InChI=1S/C18H30F3N7O.HI/c1-14(18(19,20)21)25-10-12-26(13-11-25)16(22-2)23-7-5-9-28-17(29)27-8-4-3-6-15(27)24-28;/h14H,3-13H2,1-2H3,(H,22,23);1H. The SMILES string of the molecule is CN=C(NCCCn1nc2n(c1=O)CCCC2)N1CCN(C(C)C(F)(F)F)CC1.I. The second-order valence-corrected chi connectivity index (χ2v) is 7.60. The smallest absolute Gasteiger partial charge is 0.356 e. The summed E-state index contributed by atoms with van der Waals surface area (Å²) in [6, 6.07) is -1.43. The van der Waals surface area contributed by atoms with Crippen LogP contribution in [-0.4, -0.2) is 82.1 Å². The van der Waals surface area contributed by atoms with Gasteiger partial charge in [-0.05, 0) is 26.2 Å². The van der Waals surface area contributed by atoms with Crippen molar-refractivity contribution in [2.75, 3.05) is 39.8 Å². The molecule has 1 aromatic rings. The summed E-state index contributed by atoms with van der Waals surface area (Å²) in [5, 5.41) is 7.67. The Morgan fingerprint density at radius 2 is 1.90 bits per heavy atom. The van der Waals surface area contributed by atoms with E-state index in [2.05, 4.69) is 15.4 Å². The van der Waals surface area contributed by atoms with Crippen molar-refractivity contribution in [3.8, 4) is 0 Å². The van der Waals surface area contributed by atoms with E-state index in [-0.39, 0.29) is 29.7 Å². The highest BCUT2D eigenvalue weighted by Crippen LogP contribution is 2.25. The second kappa shape index (κ2) is 10.8. The van der Waals surface area contributed by atoms with Crippen LogP contribution in [0.4, 0.5) is 13.2 Å². The number of rotatable bonds is 5. The molecule has 0 aromatic carbocycles. The minimum Gasteiger partial charge on any atom is -0.356 e. The molecule has 2 aliphatic heterocycles. The summed E-state index contributed by atoms with van der Waals surface area (Å²) < 4.78 is 41.9. The molecule has 1 saturated heterocycles. The van der Waals surface area contributed by atoms with Gasteiger partial charge < -0.3 is 10.2 Å². The van der Waals surface area contributed by atoms with Crippen LogP contribution in [0.1, 0.15) is 32.0 Å². The molecule has 8 nitrogen and oxygen atoms in total. The van der Waals surface area contributed by atoms with Crippen LogP contribution in [0.2, 0.25) is 0 Å². The topological polar surface area (TPSA) is 70.7 Å². The number of piperazine rings is 1. The first kappa shape index (κ1) is 25.0. The zero-order chi connectivity index (χ0) is 21.0. The molecule has 0 spiro atoms. The van der Waals surface area contributed by atoms with Crippen molar-refractivity contribution in [1.82, 2.24) is 29.5 Å². The average Bonchev–Trinajstić information content (AvgIpc) is 3.03. The van der Waals surface area contributed by atoms with Gasteiger partial charge in [0.25, 0.3) is 0 Å². The van der Waals surface area contributed by atoms with Crippen LogP contribution >= 0.6 is 24.0 Å². The fourth-order valence-electron chi connectivity index (χ4n) is 3.88. The fourth-order valence-corrected chi connectivity index (χ4v) is 3.88. The third-order valence-corrected chi connectivity index (χ3v) is 5.71. The minimum atomic E-state index is -4.20. The molecule has 1 atom stereocenters. The van der Waals surface area contributed by atoms with Gasteiger partial charge >= 0.3 is 11.9 Å². The first-order valence-electron chi connectivity index (χ1n) is 10.2. The van der Waals surface area contributed by atoms with E-state index in [9.17, 15) is 18.0 Å². The lowest BCUT2D eigenvalue weighted by atomic mass is 10.2. The Labute approximate surface area is 191 Å². The molecule has 1 unspecified atom stereocenters. The van der Waals surface area contributed by atoms with Crippen molar-refractivity contribution < 1.29 is 13.2 Å². The van der Waals surface area contributed by atoms with E-state index in [1.165, 1.54) is 16.5 Å². The number of aliphatic imine (C=N–C) groups is 1. The highest BCUT2D eigenvalue weighted by atomic mass is 127. The number of halogens is 4. The summed E-state index contributed by atoms with van der Waals surface area (Å²) >= 11 is 0. The number of nitrogens with zero attached hydrogens (tertiary/aromatic N) is 6. The molecule has 0 aliphatic carbocycles. The maximum absolute atomic E-state index is 12.9. The van der Waals surface area contributed by atoms with E-state index in [1.807, 2.05) is 4.90 Å². The van der Waals surface area contributed by atoms with Gasteiger partial charge in [0.1, 0.15) is 11.9 Å². The number of alkyl halides is 3. The van der Waals surface area contributed by atoms with Gasteiger partial charge in [0.2, 0.25) is 0 Å². The zero-order valence-electron chi connectivity index (χ0n) is 17.5. The zero-order valence-corrected chi connectivity index (χ0v) is 19.8. The second-order valence-electron chi connectivity index (χ2n) is 7.60. The Morgan fingerprint density at radius 1 is 1.20 bits per heavy atom. The third-order valence-electron chi connectivity index (χ3n) is 5.71. The Kier molecular flexibility index (Phi) is 9.00. The maximum atomic E-state index is 12.9. The molecule has 172 valence electrons. The molecule has 0 bridgehead atoms. The highest BCUT2D eigenvalue weighted by molar-refractivity contribution is 14.0. The van der Waals surface area contributed by atoms with Crippen LogP contribution in [0, 0.1) is 0 Å². The minimum absolute atomic E-state index is 0. The lowest BCUT2D eigenvalue weighted by Crippen LogP contribution is -2.56. The van der Waals surface area contributed by atoms with Crippen LogP contribution in [0.15, 0.2) is 9.79 Å². The fraction of sp³-hybridized carbons (Fsp3) is 0.833. The van der Waals surface area contributed by atoms with Gasteiger partial charge in [0.15, 0.2) is 5.96 Å². The Balaban J connectivity index is 0.00000320. The summed E-state index contributed by atoms with van der Waals surface area (Å²) in [4.78, 5) is 20.0. The van der Waals surface area contributed by atoms with Crippen LogP contribution in [0.5, 0.6) is 0 Å². The van der Waals surface area contributed by atoms with Crippen molar-refractivity contribution in [2.24, 2.45) is 4.99 Å². The molecular formula is C18H31F3IN7O. The van der Waals surface area contributed by atoms with E-state index >= 15 is 0 Å². The lowest BCUT2D eigenvalue weighted by molar-refractivity contribution is -0.181. The van der Waals surface area contributed by atoms with Gasteiger partial charge in [0, 0.05) is 59.3 Å². The van der Waals surface area contributed by atoms with E-state index in [0.29, 0.717) is 51.6 Å². The summed E-state index contributed by atoms with van der Waals surface area (Å²) in [5.74, 6) is 1.55. The van der Waals surface area contributed by atoms with Crippen LogP contribution in [-0.2, 0) is 19.5 Å². The molecule has 3 heterocycles. The number of aryl methyl sites for hydroxylation is 2. The molecule has 0 amide bonds. The van der Waals surface area contributed by atoms with E-state index in [1.54, 1.807) is 11.6 Å². The first-order chi connectivity index (χ1) is 13.8. The summed E-state index contributed by atoms with van der Waals surface area (Å²) in [7, 11) is 1.67. The predicted octanol–water partition coefficient (Wildman–Crippen LogP) is 1.53. The maximum Gasteiger partial charge on any atom is 0.403 e. The van der Waals surface area contributed by atoms with Crippen molar-refractivity contribution >= 4 is 29.9 Å². The molecule has 30 heavy (non-hydrogen) atoms. The summed E-state index contributed by atoms with van der Waals surface area (Å²) in [6.07, 6.45) is -0.548. The van der Waals surface area contributed by atoms with Gasteiger partial charge in [-0.15, -0.1) is 24.0 Å². The molecule has 1 aromatic heterocycles. The van der Waals surface area contributed by atoms with E-state index < -0.39 is 12.2 Å². The first-order valence-corrected chi connectivity index (χ1v) is 10.2. The molecule has 3 rings (SSSR count). The quantitative estimate of drug-likeness (QED) is 0.263. The molecular weight excluding hydrogens is 514 g/mol. The number of nitrogens with one attached hydrogen (secondary N) is 1. The molecule has 1 N–H and O–H groups in total. The van der Waals surface area contributed by atoms with Gasteiger partial charge in [-0.25, -0.2) is 9.48 Å². The molecule has 12 heteroatoms. The Hall–Kier alpha value is -1.31. The Bertz CT molecular complexity index is 769. The van der Waals surface area contributed by atoms with Crippen LogP contribution in [0.25, 0.3) is 0 Å². The summed E-state index contributed by atoms with van der Waals surface area (Å²) in [5.41, 5.74) is -0.0426. The predicted molar refractivity (Wildman–Crippen MR) is 119 cm³/mol. The number of aromatic nitrogens is 3. The molecule has 0 saturated carbocycles. The number of guanidine groups is 1. The van der Waals surface area contributed by atoms with Crippen molar-refractivity contribution in [1.29, 1.82) is 0 Å². The third kappa shape index (κ3) is 5.89. The highest BCUT2D eigenvalue weighted by Gasteiger charge is 2.41. The lowest BCUT2D eigenvalue weighted by Gasteiger charge is -2.39. The Morgan fingerprint density at radius 3 is 2.50 bits per heavy atom. The summed E-state index contributed by atoms with van der Waals surface area (Å²) in [6.45, 7) is 4.77.